The van der Waals surface area contributed by atoms with E-state index >= 15 is 0 Å². The van der Waals surface area contributed by atoms with Crippen molar-refractivity contribution in [1.29, 1.82) is 0 Å². The molecule has 0 aliphatic heterocycles. The Balaban J connectivity index is 2.07. The maximum atomic E-state index is 12.0. The maximum Gasteiger partial charge on any atom is 0.274 e. The summed E-state index contributed by atoms with van der Waals surface area (Å²) in [5.41, 5.74) is 0.249. The summed E-state index contributed by atoms with van der Waals surface area (Å²) in [5, 5.41) is 14.2. The van der Waals surface area contributed by atoms with Crippen molar-refractivity contribution in [3.63, 3.8) is 0 Å². The topological polar surface area (TPSA) is 75.4 Å². The third kappa shape index (κ3) is 3.21. The molecule has 102 valence electrons. The number of oxazole rings is 1. The molecule has 1 unspecified atom stereocenters. The molecule has 0 fully saturated rings. The number of aliphatic hydroxyl groups excluding tert-OH is 1. The van der Waals surface area contributed by atoms with Gasteiger partial charge >= 0.3 is 0 Å². The minimum atomic E-state index is -0.568. The summed E-state index contributed by atoms with van der Waals surface area (Å²) in [6.45, 7) is 3.99. The molecular formula is C13H16N2O3S. The summed E-state index contributed by atoms with van der Waals surface area (Å²) in [7, 11) is 0. The molecule has 0 spiro atoms. The Labute approximate surface area is 115 Å². The van der Waals surface area contributed by atoms with Crippen LogP contribution in [-0.4, -0.2) is 28.6 Å². The molecule has 5 nitrogen and oxygen atoms in total. The highest BCUT2D eigenvalue weighted by Crippen LogP contribution is 2.27. The highest BCUT2D eigenvalue weighted by Gasteiger charge is 2.20. The van der Waals surface area contributed by atoms with Gasteiger partial charge in [-0.05, 0) is 17.4 Å². The number of carbonyl (C=O) groups is 1. The second kappa shape index (κ2) is 5.99. The largest absolute Gasteiger partial charge is 0.442 e. The Kier molecular flexibility index (Phi) is 4.34. The van der Waals surface area contributed by atoms with Crippen LogP contribution in [0.1, 0.15) is 24.3 Å². The van der Waals surface area contributed by atoms with Crippen molar-refractivity contribution in [3.8, 4) is 10.6 Å². The third-order valence-corrected chi connectivity index (χ3v) is 3.64. The summed E-state index contributed by atoms with van der Waals surface area (Å²) >= 11 is 1.48. The van der Waals surface area contributed by atoms with Crippen LogP contribution in [0.15, 0.2) is 28.3 Å². The molecule has 0 saturated heterocycles. The number of amides is 1. The molecule has 2 aromatic heterocycles. The van der Waals surface area contributed by atoms with Crippen LogP contribution in [-0.2, 0) is 0 Å². The van der Waals surface area contributed by atoms with E-state index in [2.05, 4.69) is 10.3 Å². The maximum absolute atomic E-state index is 12.0. The van der Waals surface area contributed by atoms with E-state index in [-0.39, 0.29) is 24.1 Å². The molecule has 0 radical (unpaired) electrons. The third-order valence-electron chi connectivity index (χ3n) is 2.77. The first kappa shape index (κ1) is 13.8. The highest BCUT2D eigenvalue weighted by molar-refractivity contribution is 7.13. The van der Waals surface area contributed by atoms with Gasteiger partial charge in [0.15, 0.2) is 17.8 Å². The second-order valence-electron chi connectivity index (χ2n) is 4.53. The number of aromatic nitrogens is 1. The zero-order valence-corrected chi connectivity index (χ0v) is 11.6. The first-order chi connectivity index (χ1) is 9.09. The number of carbonyl (C=O) groups excluding carboxylic acids is 1. The lowest BCUT2D eigenvalue weighted by atomic mass is 10.1. The van der Waals surface area contributed by atoms with Crippen molar-refractivity contribution in [1.82, 2.24) is 10.3 Å². The van der Waals surface area contributed by atoms with Crippen LogP contribution in [0.25, 0.3) is 10.6 Å². The summed E-state index contributed by atoms with van der Waals surface area (Å²) < 4.78 is 5.26. The van der Waals surface area contributed by atoms with Gasteiger partial charge in [-0.25, -0.2) is 4.98 Å². The SMILES string of the molecule is CC(C)C(O)CNC(=O)c1ncoc1-c1cccs1. The van der Waals surface area contributed by atoms with Gasteiger partial charge in [-0.15, -0.1) is 11.3 Å². The van der Waals surface area contributed by atoms with E-state index in [1.165, 1.54) is 17.7 Å². The smallest absolute Gasteiger partial charge is 0.274 e. The zero-order valence-electron chi connectivity index (χ0n) is 10.8. The summed E-state index contributed by atoms with van der Waals surface area (Å²) in [4.78, 5) is 16.8. The Morgan fingerprint density at radius 1 is 1.58 bits per heavy atom. The lowest BCUT2D eigenvalue weighted by Gasteiger charge is -2.14. The molecule has 2 aromatic rings. The van der Waals surface area contributed by atoms with E-state index < -0.39 is 6.10 Å². The Bertz CT molecular complexity index is 534. The van der Waals surface area contributed by atoms with Gasteiger partial charge in [0.1, 0.15) is 0 Å². The number of aliphatic hydroxyl groups is 1. The van der Waals surface area contributed by atoms with Crippen LogP contribution >= 0.6 is 11.3 Å². The fourth-order valence-electron chi connectivity index (χ4n) is 1.51. The molecule has 2 heterocycles. The Hall–Kier alpha value is -1.66. The number of hydrogen-bond donors (Lipinski definition) is 2. The van der Waals surface area contributed by atoms with Crippen molar-refractivity contribution in [2.75, 3.05) is 6.54 Å². The molecule has 19 heavy (non-hydrogen) atoms. The van der Waals surface area contributed by atoms with Gasteiger partial charge in [0.2, 0.25) is 0 Å². The molecule has 0 aliphatic carbocycles. The molecule has 0 aromatic carbocycles. The van der Waals surface area contributed by atoms with Gasteiger partial charge in [-0.1, -0.05) is 19.9 Å². The van der Waals surface area contributed by atoms with Gasteiger partial charge in [0.05, 0.1) is 11.0 Å². The molecule has 1 atom stereocenters. The first-order valence-corrected chi connectivity index (χ1v) is 6.91. The molecule has 2 N–H and O–H groups in total. The quantitative estimate of drug-likeness (QED) is 0.880. The van der Waals surface area contributed by atoms with Gasteiger partial charge in [-0.2, -0.15) is 0 Å². The highest BCUT2D eigenvalue weighted by atomic mass is 32.1. The van der Waals surface area contributed by atoms with E-state index in [9.17, 15) is 9.90 Å². The Morgan fingerprint density at radius 2 is 2.37 bits per heavy atom. The van der Waals surface area contributed by atoms with Gasteiger partial charge in [-0.3, -0.25) is 4.79 Å². The first-order valence-electron chi connectivity index (χ1n) is 6.03. The van der Waals surface area contributed by atoms with Crippen LogP contribution in [0, 0.1) is 5.92 Å². The number of thiophene rings is 1. The zero-order chi connectivity index (χ0) is 13.8. The number of nitrogens with one attached hydrogen (secondary N) is 1. The molecule has 0 saturated carbocycles. The summed E-state index contributed by atoms with van der Waals surface area (Å²) in [6, 6.07) is 3.75. The normalized spacial score (nSPS) is 12.6. The number of nitrogens with zero attached hydrogens (tertiary/aromatic N) is 1. The van der Waals surface area contributed by atoms with Crippen molar-refractivity contribution in [3.05, 3.63) is 29.6 Å². The molecule has 2 rings (SSSR count). The minimum absolute atomic E-state index is 0.0920. The van der Waals surface area contributed by atoms with Gasteiger partial charge < -0.3 is 14.8 Å². The fraction of sp³-hybridized carbons (Fsp3) is 0.385. The van der Waals surface area contributed by atoms with Crippen LogP contribution in [0.5, 0.6) is 0 Å². The van der Waals surface area contributed by atoms with Crippen LogP contribution in [0.3, 0.4) is 0 Å². The van der Waals surface area contributed by atoms with Crippen LogP contribution < -0.4 is 5.32 Å². The average molecular weight is 280 g/mol. The summed E-state index contributed by atoms with van der Waals surface area (Å²) in [5.74, 6) is 0.220. The average Bonchev–Trinajstić information content (AvgIpc) is 3.04. The lowest BCUT2D eigenvalue weighted by Crippen LogP contribution is -2.35. The van der Waals surface area contributed by atoms with Gasteiger partial charge in [0, 0.05) is 6.54 Å². The van der Waals surface area contributed by atoms with Gasteiger partial charge in [0.25, 0.3) is 5.91 Å². The molecular weight excluding hydrogens is 264 g/mol. The monoisotopic (exact) mass is 280 g/mol. The molecule has 6 heteroatoms. The van der Waals surface area contributed by atoms with E-state index in [1.807, 2.05) is 31.4 Å². The van der Waals surface area contributed by atoms with Crippen LogP contribution in [0.4, 0.5) is 0 Å². The number of rotatable bonds is 5. The standard InChI is InChI=1S/C13H16N2O3S/c1-8(2)9(16)6-14-13(17)11-12(18-7-15-11)10-4-3-5-19-10/h3-5,7-9,16H,6H2,1-2H3,(H,14,17). The second-order valence-corrected chi connectivity index (χ2v) is 5.48. The molecule has 0 aliphatic rings. The molecule has 1 amide bonds. The molecule has 0 bridgehead atoms. The van der Waals surface area contributed by atoms with E-state index in [0.29, 0.717) is 5.76 Å². The minimum Gasteiger partial charge on any atom is -0.442 e. The fourth-order valence-corrected chi connectivity index (χ4v) is 2.22. The van der Waals surface area contributed by atoms with Crippen LogP contribution in [0.2, 0.25) is 0 Å². The van der Waals surface area contributed by atoms with E-state index in [0.717, 1.165) is 4.88 Å². The Morgan fingerprint density at radius 3 is 3.00 bits per heavy atom. The number of hydrogen-bond acceptors (Lipinski definition) is 5. The van der Waals surface area contributed by atoms with E-state index in [4.69, 9.17) is 4.42 Å². The van der Waals surface area contributed by atoms with Crippen molar-refractivity contribution >= 4 is 17.2 Å². The summed E-state index contributed by atoms with van der Waals surface area (Å²) in [6.07, 6.45) is 0.684. The predicted octanol–water partition coefficient (Wildman–Crippen LogP) is 2.15. The van der Waals surface area contributed by atoms with Crippen molar-refractivity contribution in [2.45, 2.75) is 20.0 Å². The van der Waals surface area contributed by atoms with E-state index in [1.54, 1.807) is 0 Å². The lowest BCUT2D eigenvalue weighted by molar-refractivity contribution is 0.0868. The predicted molar refractivity (Wildman–Crippen MR) is 73.0 cm³/mol. The van der Waals surface area contributed by atoms with Crippen molar-refractivity contribution in [2.24, 2.45) is 5.92 Å². The van der Waals surface area contributed by atoms with Crippen molar-refractivity contribution < 1.29 is 14.3 Å².